The maximum absolute atomic E-state index is 12.9. The summed E-state index contributed by atoms with van der Waals surface area (Å²) in [5.74, 6) is 1.38. The minimum absolute atomic E-state index is 0.103. The number of ether oxygens (including phenoxy) is 2. The SMILES string of the molecule is CCNc1nc(C)c(C(=O)NC2CC(C)(C)Oc3cc(OC)ccc32)s1. The summed E-state index contributed by atoms with van der Waals surface area (Å²) < 4.78 is 11.4. The molecule has 1 amide bonds. The summed E-state index contributed by atoms with van der Waals surface area (Å²) in [6, 6.07) is 5.59. The molecule has 0 aliphatic carbocycles. The van der Waals surface area contributed by atoms with E-state index in [1.54, 1.807) is 7.11 Å². The summed E-state index contributed by atoms with van der Waals surface area (Å²) >= 11 is 1.38. The van der Waals surface area contributed by atoms with Gasteiger partial charge in [0.1, 0.15) is 22.0 Å². The second kappa shape index (κ2) is 7.15. The molecule has 3 rings (SSSR count). The van der Waals surface area contributed by atoms with Crippen LogP contribution in [0.3, 0.4) is 0 Å². The highest BCUT2D eigenvalue weighted by atomic mass is 32.1. The van der Waals surface area contributed by atoms with E-state index in [0.717, 1.165) is 34.4 Å². The predicted molar refractivity (Wildman–Crippen MR) is 104 cm³/mol. The van der Waals surface area contributed by atoms with E-state index in [2.05, 4.69) is 15.6 Å². The minimum atomic E-state index is -0.380. The van der Waals surface area contributed by atoms with Crippen LogP contribution in [0.2, 0.25) is 0 Å². The van der Waals surface area contributed by atoms with Crippen LogP contribution in [0.1, 0.15) is 54.2 Å². The third kappa shape index (κ3) is 3.77. The van der Waals surface area contributed by atoms with E-state index in [4.69, 9.17) is 9.47 Å². The monoisotopic (exact) mass is 375 g/mol. The Balaban J connectivity index is 1.86. The molecule has 2 N–H and O–H groups in total. The van der Waals surface area contributed by atoms with E-state index in [1.165, 1.54) is 11.3 Å². The topological polar surface area (TPSA) is 72.5 Å². The Morgan fingerprint density at radius 3 is 2.92 bits per heavy atom. The zero-order valence-electron chi connectivity index (χ0n) is 15.8. The van der Waals surface area contributed by atoms with Crippen LogP contribution < -0.4 is 20.1 Å². The molecule has 2 heterocycles. The highest BCUT2D eigenvalue weighted by Gasteiger charge is 2.35. The molecule has 1 atom stereocenters. The Labute approximate surface area is 157 Å². The van der Waals surface area contributed by atoms with Gasteiger partial charge in [-0.3, -0.25) is 4.79 Å². The van der Waals surface area contributed by atoms with Crippen LogP contribution in [0.4, 0.5) is 5.13 Å². The summed E-state index contributed by atoms with van der Waals surface area (Å²) in [6.07, 6.45) is 0.690. The fourth-order valence-electron chi connectivity index (χ4n) is 3.15. The molecular formula is C19H25N3O3S. The molecule has 1 aliphatic rings. The van der Waals surface area contributed by atoms with Crippen LogP contribution in [0.25, 0.3) is 0 Å². The molecule has 26 heavy (non-hydrogen) atoms. The average Bonchev–Trinajstić information content (AvgIpc) is 2.94. The maximum atomic E-state index is 12.9. The number of amides is 1. The first-order valence-electron chi connectivity index (χ1n) is 8.72. The number of fused-ring (bicyclic) bond motifs is 1. The molecule has 140 valence electrons. The summed E-state index contributed by atoms with van der Waals surface area (Å²) in [7, 11) is 1.63. The molecule has 0 spiro atoms. The van der Waals surface area contributed by atoms with Crippen molar-refractivity contribution in [3.8, 4) is 11.5 Å². The lowest BCUT2D eigenvalue weighted by atomic mass is 9.89. The number of nitrogens with one attached hydrogen (secondary N) is 2. The fraction of sp³-hybridized carbons (Fsp3) is 0.474. The Morgan fingerprint density at radius 2 is 2.23 bits per heavy atom. The first-order valence-corrected chi connectivity index (χ1v) is 9.53. The van der Waals surface area contributed by atoms with Crippen LogP contribution >= 0.6 is 11.3 Å². The van der Waals surface area contributed by atoms with Crippen molar-refractivity contribution in [3.63, 3.8) is 0 Å². The zero-order chi connectivity index (χ0) is 18.9. The van der Waals surface area contributed by atoms with Gasteiger partial charge in [-0.1, -0.05) is 11.3 Å². The number of methoxy groups -OCH3 is 1. The molecule has 1 aromatic carbocycles. The second-order valence-corrected chi connectivity index (χ2v) is 7.96. The third-order valence-corrected chi connectivity index (χ3v) is 5.43. The smallest absolute Gasteiger partial charge is 0.263 e. The molecule has 0 radical (unpaired) electrons. The van der Waals surface area contributed by atoms with Gasteiger partial charge in [-0.25, -0.2) is 4.98 Å². The van der Waals surface area contributed by atoms with Crippen molar-refractivity contribution in [1.82, 2.24) is 10.3 Å². The van der Waals surface area contributed by atoms with Gasteiger partial charge >= 0.3 is 0 Å². The van der Waals surface area contributed by atoms with Crippen molar-refractivity contribution in [1.29, 1.82) is 0 Å². The molecule has 0 fully saturated rings. The van der Waals surface area contributed by atoms with Crippen molar-refractivity contribution in [3.05, 3.63) is 34.3 Å². The van der Waals surface area contributed by atoms with Crippen LogP contribution in [0.5, 0.6) is 11.5 Å². The van der Waals surface area contributed by atoms with Crippen molar-refractivity contribution < 1.29 is 14.3 Å². The highest BCUT2D eigenvalue weighted by molar-refractivity contribution is 7.17. The molecular weight excluding hydrogens is 350 g/mol. The lowest BCUT2D eigenvalue weighted by Gasteiger charge is -2.38. The van der Waals surface area contributed by atoms with Gasteiger partial charge in [0, 0.05) is 24.6 Å². The van der Waals surface area contributed by atoms with Gasteiger partial charge in [-0.05, 0) is 39.8 Å². The van der Waals surface area contributed by atoms with Crippen LogP contribution in [-0.4, -0.2) is 30.1 Å². The molecule has 0 bridgehead atoms. The number of carbonyl (C=O) groups is 1. The van der Waals surface area contributed by atoms with Gasteiger partial charge < -0.3 is 20.1 Å². The molecule has 7 heteroatoms. The number of aryl methyl sites for hydroxylation is 1. The third-order valence-electron chi connectivity index (χ3n) is 4.31. The lowest BCUT2D eigenvalue weighted by molar-refractivity contribution is 0.0618. The summed E-state index contributed by atoms with van der Waals surface area (Å²) in [4.78, 5) is 17.9. The average molecular weight is 375 g/mol. The predicted octanol–water partition coefficient (Wildman–Crippen LogP) is 3.92. The number of hydrogen-bond donors (Lipinski definition) is 2. The van der Waals surface area contributed by atoms with E-state index < -0.39 is 0 Å². The van der Waals surface area contributed by atoms with Crippen molar-refractivity contribution in [2.75, 3.05) is 19.0 Å². The number of aromatic nitrogens is 1. The number of benzene rings is 1. The van der Waals surface area contributed by atoms with E-state index in [1.807, 2.05) is 45.9 Å². The van der Waals surface area contributed by atoms with Crippen molar-refractivity contribution in [2.45, 2.75) is 45.8 Å². The van der Waals surface area contributed by atoms with E-state index in [0.29, 0.717) is 11.3 Å². The first kappa shape index (κ1) is 18.5. The largest absolute Gasteiger partial charge is 0.497 e. The van der Waals surface area contributed by atoms with Gasteiger partial charge in [0.15, 0.2) is 5.13 Å². The van der Waals surface area contributed by atoms with Gasteiger partial charge in [0.05, 0.1) is 18.8 Å². The van der Waals surface area contributed by atoms with Crippen LogP contribution in [-0.2, 0) is 0 Å². The number of anilines is 1. The standard InChI is InChI=1S/C19H25N3O3S/c1-6-20-18-21-11(2)16(26-18)17(23)22-14-10-19(3,4)25-15-9-12(24-5)7-8-13(14)15/h7-9,14H,6,10H2,1-5H3,(H,20,21)(H,22,23). The van der Waals surface area contributed by atoms with Gasteiger partial charge in [0.25, 0.3) is 5.91 Å². The summed E-state index contributed by atoms with van der Waals surface area (Å²) in [5, 5.41) is 7.10. The summed E-state index contributed by atoms with van der Waals surface area (Å²) in [6.45, 7) is 8.69. The van der Waals surface area contributed by atoms with E-state index in [9.17, 15) is 4.79 Å². The van der Waals surface area contributed by atoms with E-state index >= 15 is 0 Å². The fourth-order valence-corrected chi connectivity index (χ4v) is 4.08. The molecule has 2 aromatic rings. The van der Waals surface area contributed by atoms with Gasteiger partial charge in [-0.2, -0.15) is 0 Å². The Bertz CT molecular complexity index is 816. The maximum Gasteiger partial charge on any atom is 0.263 e. The van der Waals surface area contributed by atoms with Crippen LogP contribution in [0.15, 0.2) is 18.2 Å². The van der Waals surface area contributed by atoms with Gasteiger partial charge in [-0.15, -0.1) is 0 Å². The quantitative estimate of drug-likeness (QED) is 0.829. The lowest BCUT2D eigenvalue weighted by Crippen LogP contribution is -2.41. The number of hydrogen-bond acceptors (Lipinski definition) is 6. The van der Waals surface area contributed by atoms with E-state index in [-0.39, 0.29) is 17.6 Å². The molecule has 1 aliphatic heterocycles. The van der Waals surface area contributed by atoms with Crippen LogP contribution in [0, 0.1) is 6.92 Å². The number of rotatable bonds is 5. The Morgan fingerprint density at radius 1 is 1.46 bits per heavy atom. The highest BCUT2D eigenvalue weighted by Crippen LogP contribution is 2.41. The molecule has 1 aromatic heterocycles. The molecule has 0 saturated heterocycles. The normalized spacial score (nSPS) is 17.8. The Kier molecular flexibility index (Phi) is 5.09. The number of carbonyl (C=O) groups excluding carboxylic acids is 1. The molecule has 1 unspecified atom stereocenters. The minimum Gasteiger partial charge on any atom is -0.497 e. The van der Waals surface area contributed by atoms with Crippen molar-refractivity contribution >= 4 is 22.4 Å². The molecule has 6 nitrogen and oxygen atoms in total. The first-order chi connectivity index (χ1) is 12.3. The summed E-state index contributed by atoms with van der Waals surface area (Å²) in [5.41, 5.74) is 1.33. The molecule has 0 saturated carbocycles. The zero-order valence-corrected chi connectivity index (χ0v) is 16.6. The number of nitrogens with zero attached hydrogens (tertiary/aromatic N) is 1. The van der Waals surface area contributed by atoms with Crippen molar-refractivity contribution in [2.24, 2.45) is 0 Å². The Hall–Kier alpha value is -2.28. The second-order valence-electron chi connectivity index (χ2n) is 6.96. The van der Waals surface area contributed by atoms with Gasteiger partial charge in [0.2, 0.25) is 0 Å². The number of thiazole rings is 1.